The average Bonchev–Trinajstić information content (AvgIpc) is 1.60. The minimum Gasteiger partial charge on any atom is -0.304 e. The molecule has 0 N–H and O–H groups in total. The van der Waals surface area contributed by atoms with Crippen LogP contribution in [0.2, 0.25) is 0 Å². The van der Waals surface area contributed by atoms with Crippen LogP contribution < -0.4 is 0 Å². The van der Waals surface area contributed by atoms with Gasteiger partial charge in [-0.3, -0.25) is 0 Å². The van der Waals surface area contributed by atoms with Gasteiger partial charge in [0.1, 0.15) is 0 Å². The highest BCUT2D eigenvalue weighted by Crippen LogP contribution is 2.18. The van der Waals surface area contributed by atoms with Crippen molar-refractivity contribution in [2.45, 2.75) is 32.7 Å². The fourth-order valence-corrected chi connectivity index (χ4v) is 0.897. The molecule has 0 bridgehead atoms. The summed E-state index contributed by atoms with van der Waals surface area (Å²) in [5.74, 6) is 0. The maximum Gasteiger partial charge on any atom is 0.0184 e. The Bertz CT molecular complexity index is 123. The van der Waals surface area contributed by atoms with E-state index in [4.69, 9.17) is 0 Å². The Morgan fingerprint density at radius 1 is 1.40 bits per heavy atom. The van der Waals surface area contributed by atoms with E-state index in [1.165, 1.54) is 5.57 Å². The molecule has 0 fully saturated rings. The van der Waals surface area contributed by atoms with Crippen LogP contribution in [-0.4, -0.2) is 24.5 Å². The molecule has 0 aromatic heterocycles. The first kappa shape index (κ1) is 9.70. The van der Waals surface area contributed by atoms with Crippen LogP contribution in [0, 0.1) is 0 Å². The van der Waals surface area contributed by atoms with Gasteiger partial charge in [-0.15, -0.1) is 6.58 Å². The lowest BCUT2D eigenvalue weighted by Crippen LogP contribution is -2.38. The highest BCUT2D eigenvalue weighted by Gasteiger charge is 2.19. The second-order valence-corrected chi connectivity index (χ2v) is 3.84. The van der Waals surface area contributed by atoms with Crippen LogP contribution in [0.1, 0.15) is 27.2 Å². The Morgan fingerprint density at radius 3 is 1.90 bits per heavy atom. The van der Waals surface area contributed by atoms with Gasteiger partial charge in [0.15, 0.2) is 0 Å². The zero-order valence-electron chi connectivity index (χ0n) is 7.86. The number of hydrogen-bond donors (Lipinski definition) is 0. The van der Waals surface area contributed by atoms with Crippen LogP contribution in [0.4, 0.5) is 0 Å². The topological polar surface area (TPSA) is 3.24 Å². The van der Waals surface area contributed by atoms with Crippen molar-refractivity contribution >= 4 is 0 Å². The van der Waals surface area contributed by atoms with E-state index in [9.17, 15) is 0 Å². The summed E-state index contributed by atoms with van der Waals surface area (Å²) >= 11 is 0. The van der Waals surface area contributed by atoms with Crippen molar-refractivity contribution in [1.82, 2.24) is 4.90 Å². The Balaban J connectivity index is 3.99. The van der Waals surface area contributed by atoms with Crippen molar-refractivity contribution in [3.8, 4) is 0 Å². The molecule has 60 valence electrons. The van der Waals surface area contributed by atoms with Crippen LogP contribution in [-0.2, 0) is 0 Å². The molecule has 0 saturated carbocycles. The third-order valence-corrected chi connectivity index (χ3v) is 1.95. The van der Waals surface area contributed by atoms with Crippen molar-refractivity contribution in [2.24, 2.45) is 0 Å². The molecule has 0 unspecified atom stereocenters. The first-order valence-electron chi connectivity index (χ1n) is 3.68. The van der Waals surface area contributed by atoms with Crippen LogP contribution in [0.25, 0.3) is 0 Å². The molecule has 0 aromatic rings. The molecule has 0 saturated heterocycles. The van der Waals surface area contributed by atoms with Gasteiger partial charge >= 0.3 is 0 Å². The monoisotopic (exact) mass is 141 g/mol. The van der Waals surface area contributed by atoms with Gasteiger partial charge in [-0.25, -0.2) is 0 Å². The summed E-state index contributed by atoms with van der Waals surface area (Å²) in [6.45, 7) is 10.4. The first-order chi connectivity index (χ1) is 4.36. The van der Waals surface area contributed by atoms with Crippen molar-refractivity contribution in [3.63, 3.8) is 0 Å². The van der Waals surface area contributed by atoms with E-state index in [2.05, 4.69) is 46.3 Å². The lowest BCUT2D eigenvalue weighted by Gasteiger charge is -2.32. The summed E-state index contributed by atoms with van der Waals surface area (Å²) in [7, 11) is 4.20. The molecule has 0 aliphatic carbocycles. The molecule has 1 heteroatoms. The maximum atomic E-state index is 3.90. The summed E-state index contributed by atoms with van der Waals surface area (Å²) < 4.78 is 0. The predicted molar refractivity (Wildman–Crippen MR) is 47.2 cm³/mol. The molecule has 0 rings (SSSR count). The SMILES string of the molecule is C=C(C)CC(C)(C)N(C)C. The molecular formula is C9H19N. The van der Waals surface area contributed by atoms with Gasteiger partial charge in [0.2, 0.25) is 0 Å². The molecule has 0 spiro atoms. The standard InChI is InChI=1S/C9H19N/c1-8(2)7-9(3,4)10(5)6/h1,7H2,2-6H3. The maximum absolute atomic E-state index is 3.90. The molecule has 0 aliphatic heterocycles. The molecule has 0 aliphatic rings. The van der Waals surface area contributed by atoms with Crippen LogP contribution in [0.3, 0.4) is 0 Å². The average molecular weight is 141 g/mol. The van der Waals surface area contributed by atoms with E-state index in [1.54, 1.807) is 0 Å². The third kappa shape index (κ3) is 3.02. The summed E-state index contributed by atoms with van der Waals surface area (Å²) in [5.41, 5.74) is 1.50. The molecule has 0 amide bonds. The smallest absolute Gasteiger partial charge is 0.0184 e. The molecule has 0 aromatic carbocycles. The Morgan fingerprint density at radius 2 is 1.80 bits per heavy atom. The fraction of sp³-hybridized carbons (Fsp3) is 0.778. The van der Waals surface area contributed by atoms with Crippen molar-refractivity contribution in [2.75, 3.05) is 14.1 Å². The van der Waals surface area contributed by atoms with Gasteiger partial charge in [0, 0.05) is 5.54 Å². The van der Waals surface area contributed by atoms with Crippen molar-refractivity contribution in [3.05, 3.63) is 12.2 Å². The predicted octanol–water partition coefficient (Wildman–Crippen LogP) is 2.29. The third-order valence-electron chi connectivity index (χ3n) is 1.95. The van der Waals surface area contributed by atoms with Crippen molar-refractivity contribution < 1.29 is 0 Å². The van der Waals surface area contributed by atoms with Crippen molar-refractivity contribution in [1.29, 1.82) is 0 Å². The lowest BCUT2D eigenvalue weighted by molar-refractivity contribution is 0.195. The highest BCUT2D eigenvalue weighted by molar-refractivity contribution is 4.97. The number of hydrogen-bond acceptors (Lipinski definition) is 1. The molecule has 0 atom stereocenters. The molecule has 1 nitrogen and oxygen atoms in total. The summed E-state index contributed by atoms with van der Waals surface area (Å²) in [4.78, 5) is 2.22. The van der Waals surface area contributed by atoms with E-state index < -0.39 is 0 Å². The molecule has 0 heterocycles. The summed E-state index contributed by atoms with van der Waals surface area (Å²) in [6, 6.07) is 0. The molecular weight excluding hydrogens is 122 g/mol. The second kappa shape index (κ2) is 3.20. The Labute approximate surface area is 64.7 Å². The zero-order valence-corrected chi connectivity index (χ0v) is 7.86. The van der Waals surface area contributed by atoms with Gasteiger partial charge in [-0.1, -0.05) is 5.57 Å². The van der Waals surface area contributed by atoms with Crippen LogP contribution in [0.5, 0.6) is 0 Å². The fourth-order valence-electron chi connectivity index (χ4n) is 0.897. The van der Waals surface area contributed by atoms with E-state index >= 15 is 0 Å². The van der Waals surface area contributed by atoms with E-state index in [1.807, 2.05) is 0 Å². The minimum atomic E-state index is 0.256. The molecule has 0 radical (unpaired) electrons. The van der Waals surface area contributed by atoms with Gasteiger partial charge < -0.3 is 4.90 Å². The molecule has 10 heavy (non-hydrogen) atoms. The second-order valence-electron chi connectivity index (χ2n) is 3.84. The van der Waals surface area contributed by atoms with E-state index in [-0.39, 0.29) is 5.54 Å². The van der Waals surface area contributed by atoms with Crippen LogP contribution in [0.15, 0.2) is 12.2 Å². The largest absolute Gasteiger partial charge is 0.304 e. The van der Waals surface area contributed by atoms with Gasteiger partial charge in [-0.05, 0) is 41.3 Å². The van der Waals surface area contributed by atoms with Gasteiger partial charge in [0.25, 0.3) is 0 Å². The minimum absolute atomic E-state index is 0.256. The van der Waals surface area contributed by atoms with Gasteiger partial charge in [-0.2, -0.15) is 0 Å². The van der Waals surface area contributed by atoms with E-state index in [0.29, 0.717) is 0 Å². The Hall–Kier alpha value is -0.300. The van der Waals surface area contributed by atoms with Gasteiger partial charge in [0.05, 0.1) is 0 Å². The summed E-state index contributed by atoms with van der Waals surface area (Å²) in [5, 5.41) is 0. The summed E-state index contributed by atoms with van der Waals surface area (Å²) in [6.07, 6.45) is 1.07. The highest BCUT2D eigenvalue weighted by atomic mass is 15.1. The zero-order chi connectivity index (χ0) is 8.36. The number of rotatable bonds is 3. The lowest BCUT2D eigenvalue weighted by atomic mass is 9.95. The normalized spacial score (nSPS) is 12.2. The Kier molecular flexibility index (Phi) is 3.10. The first-order valence-corrected chi connectivity index (χ1v) is 3.68. The quantitative estimate of drug-likeness (QED) is 0.545. The number of nitrogens with zero attached hydrogens (tertiary/aromatic N) is 1. The van der Waals surface area contributed by atoms with Crippen LogP contribution >= 0.6 is 0 Å². The van der Waals surface area contributed by atoms with E-state index in [0.717, 1.165) is 6.42 Å².